The van der Waals surface area contributed by atoms with Crippen molar-refractivity contribution >= 4 is 0 Å². The van der Waals surface area contributed by atoms with E-state index in [1.54, 1.807) is 0 Å². The van der Waals surface area contributed by atoms with Crippen LogP contribution >= 0.6 is 0 Å². The molecule has 0 aromatic carbocycles. The van der Waals surface area contributed by atoms with Crippen LogP contribution in [-0.4, -0.2) is 49.3 Å². The van der Waals surface area contributed by atoms with Gasteiger partial charge in [0.05, 0.1) is 6.10 Å². The normalized spacial score (nSPS) is 29.1. The zero-order valence-electron chi connectivity index (χ0n) is 10.7. The minimum Gasteiger partial charge on any atom is -0.377 e. The van der Waals surface area contributed by atoms with Crippen LogP contribution < -0.4 is 5.32 Å². The predicted octanol–water partition coefficient (Wildman–Crippen LogP) is 1.63. The third-order valence-electron chi connectivity index (χ3n) is 3.64. The van der Waals surface area contributed by atoms with Crippen LogP contribution in [0.25, 0.3) is 0 Å². The highest BCUT2D eigenvalue weighted by Gasteiger charge is 2.23. The van der Waals surface area contributed by atoms with Gasteiger partial charge in [-0.3, -0.25) is 0 Å². The standard InChI is InChI=1S/C13H26N2O/c1-11(2)14-12-5-7-15(8-6-12)10-13-4-3-9-16-13/h11-14H,3-10H2,1-2H3. The number of nitrogens with zero attached hydrogens (tertiary/aromatic N) is 1. The van der Waals surface area contributed by atoms with Crippen molar-refractivity contribution in [3.8, 4) is 0 Å². The second kappa shape index (κ2) is 5.99. The van der Waals surface area contributed by atoms with E-state index in [1.165, 1.54) is 38.8 Å². The zero-order valence-corrected chi connectivity index (χ0v) is 10.7. The fourth-order valence-electron chi connectivity index (χ4n) is 2.83. The second-order valence-electron chi connectivity index (χ2n) is 5.53. The van der Waals surface area contributed by atoms with Crippen molar-refractivity contribution in [2.24, 2.45) is 0 Å². The fraction of sp³-hybridized carbons (Fsp3) is 1.00. The molecular formula is C13H26N2O. The Hall–Kier alpha value is -0.120. The number of nitrogens with one attached hydrogen (secondary N) is 1. The van der Waals surface area contributed by atoms with Crippen molar-refractivity contribution in [1.82, 2.24) is 10.2 Å². The topological polar surface area (TPSA) is 24.5 Å². The van der Waals surface area contributed by atoms with Crippen molar-refractivity contribution < 1.29 is 4.74 Å². The molecule has 0 radical (unpaired) electrons. The molecule has 0 bridgehead atoms. The number of likely N-dealkylation sites (tertiary alicyclic amines) is 1. The van der Waals surface area contributed by atoms with Gasteiger partial charge in [-0.2, -0.15) is 0 Å². The Labute approximate surface area is 99.5 Å². The van der Waals surface area contributed by atoms with E-state index in [1.807, 2.05) is 0 Å². The van der Waals surface area contributed by atoms with Crippen LogP contribution in [0.4, 0.5) is 0 Å². The summed E-state index contributed by atoms with van der Waals surface area (Å²) in [6.07, 6.45) is 5.64. The smallest absolute Gasteiger partial charge is 0.0702 e. The summed E-state index contributed by atoms with van der Waals surface area (Å²) < 4.78 is 5.69. The van der Waals surface area contributed by atoms with Crippen molar-refractivity contribution in [3.63, 3.8) is 0 Å². The van der Waals surface area contributed by atoms with Gasteiger partial charge in [0.15, 0.2) is 0 Å². The van der Waals surface area contributed by atoms with E-state index in [-0.39, 0.29) is 0 Å². The highest BCUT2D eigenvalue weighted by Crippen LogP contribution is 2.17. The van der Waals surface area contributed by atoms with Gasteiger partial charge in [0.2, 0.25) is 0 Å². The van der Waals surface area contributed by atoms with Crippen LogP contribution in [0, 0.1) is 0 Å². The van der Waals surface area contributed by atoms with Gasteiger partial charge in [-0.05, 0) is 38.8 Å². The lowest BCUT2D eigenvalue weighted by atomic mass is 10.0. The van der Waals surface area contributed by atoms with Crippen LogP contribution in [-0.2, 0) is 4.74 Å². The lowest BCUT2D eigenvalue weighted by molar-refractivity contribution is 0.0623. The van der Waals surface area contributed by atoms with E-state index in [4.69, 9.17) is 4.74 Å². The first-order valence-electron chi connectivity index (χ1n) is 6.84. The number of piperidine rings is 1. The SMILES string of the molecule is CC(C)NC1CCN(CC2CCCO2)CC1. The van der Waals surface area contributed by atoms with E-state index >= 15 is 0 Å². The van der Waals surface area contributed by atoms with Crippen molar-refractivity contribution in [1.29, 1.82) is 0 Å². The van der Waals surface area contributed by atoms with Gasteiger partial charge in [-0.1, -0.05) is 13.8 Å². The predicted molar refractivity (Wildman–Crippen MR) is 66.7 cm³/mol. The van der Waals surface area contributed by atoms with E-state index < -0.39 is 0 Å². The number of hydrogen-bond acceptors (Lipinski definition) is 3. The van der Waals surface area contributed by atoms with E-state index in [2.05, 4.69) is 24.1 Å². The Balaban J connectivity index is 1.64. The maximum absolute atomic E-state index is 5.69. The van der Waals surface area contributed by atoms with Gasteiger partial charge >= 0.3 is 0 Å². The highest BCUT2D eigenvalue weighted by atomic mass is 16.5. The van der Waals surface area contributed by atoms with Crippen LogP contribution in [0.3, 0.4) is 0 Å². The van der Waals surface area contributed by atoms with E-state index in [0.717, 1.165) is 19.2 Å². The molecule has 2 aliphatic rings. The third kappa shape index (κ3) is 3.72. The molecule has 0 aromatic rings. The minimum absolute atomic E-state index is 0.523. The number of rotatable bonds is 4. The molecule has 2 heterocycles. The maximum Gasteiger partial charge on any atom is 0.0702 e. The molecule has 16 heavy (non-hydrogen) atoms. The minimum atomic E-state index is 0.523. The molecule has 3 nitrogen and oxygen atoms in total. The Morgan fingerprint density at radius 1 is 1.25 bits per heavy atom. The Morgan fingerprint density at radius 2 is 2.00 bits per heavy atom. The van der Waals surface area contributed by atoms with Gasteiger partial charge in [0.25, 0.3) is 0 Å². The molecule has 0 amide bonds. The molecule has 2 rings (SSSR count). The zero-order chi connectivity index (χ0) is 11.4. The Morgan fingerprint density at radius 3 is 2.56 bits per heavy atom. The summed E-state index contributed by atoms with van der Waals surface area (Å²) in [7, 11) is 0. The van der Waals surface area contributed by atoms with Gasteiger partial charge in [0, 0.05) is 25.2 Å². The molecule has 0 saturated carbocycles. The Kier molecular flexibility index (Phi) is 4.62. The Bertz CT molecular complexity index is 194. The number of hydrogen-bond donors (Lipinski definition) is 1. The molecule has 1 N–H and O–H groups in total. The van der Waals surface area contributed by atoms with Crippen LogP contribution in [0.1, 0.15) is 39.5 Å². The summed E-state index contributed by atoms with van der Waals surface area (Å²) in [5.74, 6) is 0. The van der Waals surface area contributed by atoms with Gasteiger partial charge in [-0.15, -0.1) is 0 Å². The molecular weight excluding hydrogens is 200 g/mol. The van der Waals surface area contributed by atoms with Crippen LogP contribution in [0.2, 0.25) is 0 Å². The largest absolute Gasteiger partial charge is 0.377 e. The molecule has 1 unspecified atom stereocenters. The van der Waals surface area contributed by atoms with E-state index in [9.17, 15) is 0 Å². The number of ether oxygens (including phenoxy) is 1. The summed E-state index contributed by atoms with van der Waals surface area (Å²) in [6, 6.07) is 1.36. The summed E-state index contributed by atoms with van der Waals surface area (Å²) in [5, 5.41) is 3.64. The molecule has 2 fully saturated rings. The van der Waals surface area contributed by atoms with Gasteiger partial charge in [0.1, 0.15) is 0 Å². The molecule has 2 aliphatic heterocycles. The average Bonchev–Trinajstić information content (AvgIpc) is 2.73. The van der Waals surface area contributed by atoms with E-state index in [0.29, 0.717) is 12.1 Å². The second-order valence-corrected chi connectivity index (χ2v) is 5.53. The first-order chi connectivity index (χ1) is 7.74. The van der Waals surface area contributed by atoms with Crippen molar-refractivity contribution in [3.05, 3.63) is 0 Å². The molecule has 1 atom stereocenters. The van der Waals surface area contributed by atoms with Crippen LogP contribution in [0.5, 0.6) is 0 Å². The lowest BCUT2D eigenvalue weighted by Gasteiger charge is -2.34. The van der Waals surface area contributed by atoms with Crippen LogP contribution in [0.15, 0.2) is 0 Å². The maximum atomic E-state index is 5.69. The summed E-state index contributed by atoms with van der Waals surface area (Å²) >= 11 is 0. The third-order valence-corrected chi connectivity index (χ3v) is 3.64. The fourth-order valence-corrected chi connectivity index (χ4v) is 2.83. The average molecular weight is 226 g/mol. The lowest BCUT2D eigenvalue weighted by Crippen LogP contribution is -2.46. The molecule has 0 aromatic heterocycles. The summed E-state index contributed by atoms with van der Waals surface area (Å²) in [4.78, 5) is 2.58. The van der Waals surface area contributed by atoms with Gasteiger partial charge in [-0.25, -0.2) is 0 Å². The van der Waals surface area contributed by atoms with Gasteiger partial charge < -0.3 is 15.0 Å². The first kappa shape index (κ1) is 12.3. The molecule has 94 valence electrons. The van der Waals surface area contributed by atoms with Crippen molar-refractivity contribution in [2.45, 2.75) is 57.7 Å². The van der Waals surface area contributed by atoms with Crippen molar-refractivity contribution in [2.75, 3.05) is 26.2 Å². The summed E-state index contributed by atoms with van der Waals surface area (Å²) in [6.45, 7) is 9.09. The quantitative estimate of drug-likeness (QED) is 0.788. The first-order valence-corrected chi connectivity index (χ1v) is 6.84. The molecule has 0 spiro atoms. The summed E-state index contributed by atoms with van der Waals surface area (Å²) in [5.41, 5.74) is 0. The monoisotopic (exact) mass is 226 g/mol. The molecule has 3 heteroatoms. The highest BCUT2D eigenvalue weighted by molar-refractivity contribution is 4.80. The molecule has 0 aliphatic carbocycles. The molecule has 2 saturated heterocycles.